The molecule has 4 heterocycles. The van der Waals surface area contributed by atoms with Gasteiger partial charge >= 0.3 is 0 Å². The van der Waals surface area contributed by atoms with Crippen LogP contribution in [0, 0.1) is 0 Å². The summed E-state index contributed by atoms with van der Waals surface area (Å²) in [7, 11) is 0. The van der Waals surface area contributed by atoms with Crippen molar-refractivity contribution in [2.45, 2.75) is 13.0 Å². The maximum absolute atomic E-state index is 12.4. The Morgan fingerprint density at radius 3 is 2.58 bits per heavy atom. The summed E-state index contributed by atoms with van der Waals surface area (Å²) in [5.74, 6) is -0.423. The molecule has 5 rings (SSSR count). The van der Waals surface area contributed by atoms with Crippen molar-refractivity contribution in [3.63, 3.8) is 0 Å². The zero-order valence-electron chi connectivity index (χ0n) is 17.4. The number of rotatable bonds is 7. The van der Waals surface area contributed by atoms with Gasteiger partial charge in [0.1, 0.15) is 16.7 Å². The number of hydrogen-bond acceptors (Lipinski definition) is 7. The second-order valence-corrected chi connectivity index (χ2v) is 8.40. The topological polar surface area (TPSA) is 126 Å². The Morgan fingerprint density at radius 1 is 0.879 bits per heavy atom. The van der Waals surface area contributed by atoms with Crippen molar-refractivity contribution < 1.29 is 9.59 Å². The fourth-order valence-electron chi connectivity index (χ4n) is 3.33. The molecule has 4 aromatic heterocycles. The van der Waals surface area contributed by atoms with Gasteiger partial charge in [0.25, 0.3) is 11.8 Å². The molecule has 0 radical (unpaired) electrons. The monoisotopic (exact) mass is 457 g/mol. The number of thiazole rings is 1. The molecule has 2 amide bonds. The average Bonchev–Trinajstić information content (AvgIpc) is 3.49. The zero-order chi connectivity index (χ0) is 22.6. The van der Waals surface area contributed by atoms with Gasteiger partial charge in [-0.15, -0.1) is 11.3 Å². The molecule has 164 valence electrons. The summed E-state index contributed by atoms with van der Waals surface area (Å²) in [6, 6.07) is 13.2. The van der Waals surface area contributed by atoms with Gasteiger partial charge in [-0.05, 0) is 35.7 Å². The number of amides is 2. The third-order valence-electron chi connectivity index (χ3n) is 5.09. The third kappa shape index (κ3) is 4.70. The molecule has 0 aliphatic heterocycles. The quantitative estimate of drug-likeness (QED) is 0.345. The minimum absolute atomic E-state index is 0.204. The first-order valence-electron chi connectivity index (χ1n) is 10.3. The van der Waals surface area contributed by atoms with Crippen LogP contribution < -0.4 is 10.6 Å². The molecule has 0 aliphatic rings. The number of fused-ring (bicyclic) bond motifs is 2. The van der Waals surface area contributed by atoms with Crippen molar-refractivity contribution in [2.75, 3.05) is 6.54 Å². The summed E-state index contributed by atoms with van der Waals surface area (Å²) in [6.45, 7) is 0.901. The van der Waals surface area contributed by atoms with Crippen LogP contribution in [-0.2, 0) is 13.0 Å². The lowest BCUT2D eigenvalue weighted by molar-refractivity contribution is 0.0942. The Hall–Kier alpha value is -4.18. The molecule has 0 saturated heterocycles. The fourth-order valence-corrected chi connectivity index (χ4v) is 4.18. The summed E-state index contributed by atoms with van der Waals surface area (Å²) in [5.41, 5.74) is 4.60. The summed E-state index contributed by atoms with van der Waals surface area (Å²) >= 11 is 1.35. The highest BCUT2D eigenvalue weighted by molar-refractivity contribution is 7.20. The van der Waals surface area contributed by atoms with Crippen LogP contribution in [0.3, 0.4) is 0 Å². The van der Waals surface area contributed by atoms with E-state index in [4.69, 9.17) is 0 Å². The van der Waals surface area contributed by atoms with E-state index in [1.165, 1.54) is 11.3 Å². The fraction of sp³-hybridized carbons (Fsp3) is 0.130. The first-order valence-corrected chi connectivity index (χ1v) is 11.1. The molecular weight excluding hydrogens is 438 g/mol. The second kappa shape index (κ2) is 9.13. The molecule has 0 bridgehead atoms. The van der Waals surface area contributed by atoms with Crippen LogP contribution in [0.5, 0.6) is 0 Å². The van der Waals surface area contributed by atoms with Crippen molar-refractivity contribution in [3.05, 3.63) is 82.9 Å². The van der Waals surface area contributed by atoms with Crippen LogP contribution in [0.4, 0.5) is 0 Å². The number of hydrogen-bond donors (Lipinski definition) is 3. The predicted octanol–water partition coefficient (Wildman–Crippen LogP) is 2.87. The number of carbonyl (C=O) groups excluding carboxylic acids is 2. The molecule has 0 unspecified atom stereocenters. The Balaban J connectivity index is 1.10. The lowest BCUT2D eigenvalue weighted by Gasteiger charge is -2.07. The number of pyridine rings is 2. The van der Waals surface area contributed by atoms with Gasteiger partial charge in [-0.25, -0.2) is 9.97 Å². The van der Waals surface area contributed by atoms with Gasteiger partial charge in [-0.3, -0.25) is 19.7 Å². The molecule has 0 atom stereocenters. The molecule has 0 aliphatic carbocycles. The molecule has 5 aromatic rings. The van der Waals surface area contributed by atoms with Gasteiger partial charge < -0.3 is 10.6 Å². The maximum Gasteiger partial charge on any atom is 0.280 e. The smallest absolute Gasteiger partial charge is 0.280 e. The lowest BCUT2D eigenvalue weighted by atomic mass is 10.1. The Kier molecular flexibility index (Phi) is 5.73. The van der Waals surface area contributed by atoms with Crippen molar-refractivity contribution in [3.8, 4) is 0 Å². The number of nitrogens with one attached hydrogen (secondary N) is 3. The highest BCUT2D eigenvalue weighted by Gasteiger charge is 2.12. The Labute approximate surface area is 192 Å². The molecule has 9 nitrogen and oxygen atoms in total. The molecular formula is C23H19N7O2S. The molecule has 1 aromatic carbocycles. The number of carbonyl (C=O) groups is 2. The van der Waals surface area contributed by atoms with E-state index in [1.54, 1.807) is 30.7 Å². The standard InChI is InChI=1S/C23H19N7O2S/c31-21(17-6-5-16-18(28-17)13-27-30-16)25-10-7-14-1-3-15(4-2-14)11-26-22(32)23-29-19-12-24-9-8-20(19)33-23/h1-6,8-9,12-13H,7,10-11H2,(H,25,31)(H,26,32)(H,27,30). The highest BCUT2D eigenvalue weighted by atomic mass is 32.1. The first kappa shape index (κ1) is 20.7. The largest absolute Gasteiger partial charge is 0.350 e. The van der Waals surface area contributed by atoms with Gasteiger partial charge in [0.15, 0.2) is 5.01 Å². The number of benzene rings is 1. The van der Waals surface area contributed by atoms with Crippen LogP contribution in [-0.4, -0.2) is 43.5 Å². The normalized spacial score (nSPS) is 11.0. The predicted molar refractivity (Wildman–Crippen MR) is 125 cm³/mol. The summed E-state index contributed by atoms with van der Waals surface area (Å²) in [4.78, 5) is 37.4. The summed E-state index contributed by atoms with van der Waals surface area (Å²) < 4.78 is 0.935. The molecule has 10 heteroatoms. The second-order valence-electron chi connectivity index (χ2n) is 7.37. The number of H-pyrrole nitrogens is 1. The van der Waals surface area contributed by atoms with Gasteiger partial charge in [-0.2, -0.15) is 5.10 Å². The molecule has 0 saturated carbocycles. The van der Waals surface area contributed by atoms with Crippen LogP contribution >= 0.6 is 11.3 Å². The number of nitrogens with zero attached hydrogens (tertiary/aromatic N) is 4. The van der Waals surface area contributed by atoms with E-state index < -0.39 is 0 Å². The van der Waals surface area contributed by atoms with Crippen molar-refractivity contribution in [1.29, 1.82) is 0 Å². The Bertz CT molecular complexity index is 1410. The molecule has 0 fully saturated rings. The van der Waals surface area contributed by atoms with Crippen LogP contribution in [0.15, 0.2) is 61.1 Å². The van der Waals surface area contributed by atoms with E-state index in [0.29, 0.717) is 35.7 Å². The summed E-state index contributed by atoms with van der Waals surface area (Å²) in [6.07, 6.45) is 5.61. The summed E-state index contributed by atoms with van der Waals surface area (Å²) in [5, 5.41) is 12.9. The van der Waals surface area contributed by atoms with Crippen LogP contribution in [0.2, 0.25) is 0 Å². The maximum atomic E-state index is 12.4. The zero-order valence-corrected chi connectivity index (χ0v) is 18.2. The van der Waals surface area contributed by atoms with Crippen molar-refractivity contribution in [1.82, 2.24) is 35.8 Å². The van der Waals surface area contributed by atoms with E-state index in [0.717, 1.165) is 26.9 Å². The Morgan fingerprint density at radius 2 is 1.73 bits per heavy atom. The number of aromatic amines is 1. The van der Waals surface area contributed by atoms with Gasteiger partial charge in [0.05, 0.1) is 22.6 Å². The molecule has 3 N–H and O–H groups in total. The van der Waals surface area contributed by atoms with Gasteiger partial charge in [0.2, 0.25) is 0 Å². The van der Waals surface area contributed by atoms with E-state index in [9.17, 15) is 9.59 Å². The minimum atomic E-state index is -0.219. The minimum Gasteiger partial charge on any atom is -0.350 e. The van der Waals surface area contributed by atoms with Gasteiger partial charge in [-0.1, -0.05) is 24.3 Å². The SMILES string of the molecule is O=C(NCCc1ccc(CNC(=O)c2nc3cnccc3s2)cc1)c1ccc2[nH]ncc2n1. The van der Waals surface area contributed by atoms with Gasteiger partial charge in [0, 0.05) is 19.3 Å². The third-order valence-corrected chi connectivity index (χ3v) is 6.12. The lowest BCUT2D eigenvalue weighted by Crippen LogP contribution is -2.26. The molecule has 33 heavy (non-hydrogen) atoms. The van der Waals surface area contributed by atoms with Crippen molar-refractivity contribution >= 4 is 44.4 Å². The van der Waals surface area contributed by atoms with E-state index in [1.807, 2.05) is 30.3 Å². The number of aromatic nitrogens is 5. The van der Waals surface area contributed by atoms with E-state index >= 15 is 0 Å². The van der Waals surface area contributed by atoms with Crippen molar-refractivity contribution in [2.24, 2.45) is 0 Å². The van der Waals surface area contributed by atoms with Crippen LogP contribution in [0.1, 0.15) is 31.4 Å². The highest BCUT2D eigenvalue weighted by Crippen LogP contribution is 2.20. The average molecular weight is 458 g/mol. The molecule has 0 spiro atoms. The van der Waals surface area contributed by atoms with Crippen LogP contribution in [0.25, 0.3) is 21.3 Å². The first-order chi connectivity index (χ1) is 16.2. The van der Waals surface area contributed by atoms with E-state index in [-0.39, 0.29) is 11.8 Å². The van der Waals surface area contributed by atoms with E-state index in [2.05, 4.69) is 35.8 Å².